The number of rotatable bonds is 2. The second-order valence-corrected chi connectivity index (χ2v) is 5.00. The van der Waals surface area contributed by atoms with Crippen molar-refractivity contribution in [2.45, 2.75) is 19.0 Å². The Kier molecular flexibility index (Phi) is 4.04. The highest BCUT2D eigenvalue weighted by Crippen LogP contribution is 2.36. The van der Waals surface area contributed by atoms with Crippen molar-refractivity contribution < 1.29 is 18.0 Å². The lowest BCUT2D eigenvalue weighted by Crippen LogP contribution is -2.39. The van der Waals surface area contributed by atoms with E-state index in [0.717, 1.165) is 0 Å². The van der Waals surface area contributed by atoms with Gasteiger partial charge in [-0.2, -0.15) is 13.2 Å². The van der Waals surface area contributed by atoms with E-state index >= 15 is 0 Å². The van der Waals surface area contributed by atoms with E-state index in [4.69, 9.17) is 11.6 Å². The Bertz CT molecular complexity index is 467. The Balaban J connectivity index is 2.14. The third-order valence-electron chi connectivity index (χ3n) is 3.45. The van der Waals surface area contributed by atoms with Crippen LogP contribution in [0.4, 0.5) is 18.9 Å². The van der Waals surface area contributed by atoms with E-state index in [2.05, 4.69) is 0 Å². The Hall–Kier alpha value is -1.23. The predicted octanol–water partition coefficient (Wildman–Crippen LogP) is 3.93. The van der Waals surface area contributed by atoms with E-state index in [1.165, 1.54) is 0 Å². The number of aldehydes is 1. The highest BCUT2D eigenvalue weighted by Gasteiger charge is 2.41. The van der Waals surface area contributed by atoms with Crippen molar-refractivity contribution in [1.82, 2.24) is 0 Å². The standard InChI is InChI=1S/C13H13ClF3NO/c14-11-2-1-3-12(10(11)8-19)18-6-4-9(5-7-18)13(15,16)17/h1-3,8-9H,4-7H2. The number of benzene rings is 1. The molecule has 0 aliphatic carbocycles. The summed E-state index contributed by atoms with van der Waals surface area (Å²) in [5.74, 6) is -1.25. The summed E-state index contributed by atoms with van der Waals surface area (Å²) >= 11 is 5.91. The first-order chi connectivity index (χ1) is 8.93. The molecule has 104 valence electrons. The summed E-state index contributed by atoms with van der Waals surface area (Å²) in [4.78, 5) is 12.8. The number of hydrogen-bond donors (Lipinski definition) is 0. The number of hydrogen-bond acceptors (Lipinski definition) is 2. The Morgan fingerprint density at radius 1 is 1.26 bits per heavy atom. The van der Waals surface area contributed by atoms with E-state index in [1.807, 2.05) is 0 Å². The van der Waals surface area contributed by atoms with Crippen molar-refractivity contribution in [3.8, 4) is 0 Å². The number of alkyl halides is 3. The second-order valence-electron chi connectivity index (χ2n) is 4.59. The molecular weight excluding hydrogens is 279 g/mol. The van der Waals surface area contributed by atoms with Gasteiger partial charge in [-0.1, -0.05) is 17.7 Å². The molecule has 2 nitrogen and oxygen atoms in total. The molecule has 1 fully saturated rings. The number of piperidine rings is 1. The second kappa shape index (κ2) is 5.41. The van der Waals surface area contributed by atoms with Gasteiger partial charge in [-0.3, -0.25) is 4.79 Å². The molecule has 0 aromatic heterocycles. The molecule has 1 saturated heterocycles. The molecule has 19 heavy (non-hydrogen) atoms. The predicted molar refractivity (Wildman–Crippen MR) is 67.8 cm³/mol. The minimum Gasteiger partial charge on any atom is -0.371 e. The van der Waals surface area contributed by atoms with Gasteiger partial charge in [-0.15, -0.1) is 0 Å². The quantitative estimate of drug-likeness (QED) is 0.770. The summed E-state index contributed by atoms with van der Waals surface area (Å²) in [6.07, 6.45) is -3.38. The van der Waals surface area contributed by atoms with Crippen LogP contribution in [0, 0.1) is 5.92 Å². The van der Waals surface area contributed by atoms with E-state index < -0.39 is 12.1 Å². The lowest BCUT2D eigenvalue weighted by molar-refractivity contribution is -0.179. The molecule has 0 bridgehead atoms. The molecule has 1 aromatic carbocycles. The van der Waals surface area contributed by atoms with Crippen LogP contribution in [-0.4, -0.2) is 25.6 Å². The number of nitrogens with zero attached hydrogens (tertiary/aromatic N) is 1. The molecule has 0 N–H and O–H groups in total. The van der Waals surface area contributed by atoms with Crippen molar-refractivity contribution in [1.29, 1.82) is 0 Å². The molecule has 0 unspecified atom stereocenters. The first-order valence-corrected chi connectivity index (χ1v) is 6.36. The average Bonchev–Trinajstić information content (AvgIpc) is 2.37. The molecule has 6 heteroatoms. The highest BCUT2D eigenvalue weighted by atomic mass is 35.5. The van der Waals surface area contributed by atoms with E-state index in [-0.39, 0.29) is 25.9 Å². The van der Waals surface area contributed by atoms with Gasteiger partial charge in [0, 0.05) is 18.8 Å². The van der Waals surface area contributed by atoms with Crippen LogP contribution in [0.5, 0.6) is 0 Å². The maximum Gasteiger partial charge on any atom is 0.391 e. The maximum atomic E-state index is 12.6. The van der Waals surface area contributed by atoms with Crippen LogP contribution in [0.1, 0.15) is 23.2 Å². The molecule has 0 amide bonds. The van der Waals surface area contributed by atoms with Gasteiger partial charge in [-0.25, -0.2) is 0 Å². The fourth-order valence-electron chi connectivity index (χ4n) is 2.37. The Morgan fingerprint density at radius 2 is 1.89 bits per heavy atom. The van der Waals surface area contributed by atoms with Crippen molar-refractivity contribution in [2.75, 3.05) is 18.0 Å². The first kappa shape index (κ1) is 14.2. The van der Waals surface area contributed by atoms with Crippen molar-refractivity contribution in [3.05, 3.63) is 28.8 Å². The van der Waals surface area contributed by atoms with Gasteiger partial charge in [0.15, 0.2) is 6.29 Å². The van der Waals surface area contributed by atoms with Gasteiger partial charge in [0.05, 0.1) is 16.5 Å². The van der Waals surface area contributed by atoms with Crippen molar-refractivity contribution >= 4 is 23.6 Å². The topological polar surface area (TPSA) is 20.3 Å². The van der Waals surface area contributed by atoms with Gasteiger partial charge in [0.25, 0.3) is 0 Å². The van der Waals surface area contributed by atoms with Gasteiger partial charge in [0.1, 0.15) is 0 Å². The maximum absolute atomic E-state index is 12.6. The first-order valence-electron chi connectivity index (χ1n) is 5.99. The third-order valence-corrected chi connectivity index (χ3v) is 3.78. The van der Waals surface area contributed by atoms with Crippen LogP contribution in [0.3, 0.4) is 0 Å². The highest BCUT2D eigenvalue weighted by molar-refractivity contribution is 6.33. The molecule has 1 aliphatic heterocycles. The van der Waals surface area contributed by atoms with Crippen LogP contribution < -0.4 is 4.90 Å². The summed E-state index contributed by atoms with van der Waals surface area (Å²) in [5.41, 5.74) is 0.956. The van der Waals surface area contributed by atoms with Crippen LogP contribution >= 0.6 is 11.6 Å². The summed E-state index contributed by atoms with van der Waals surface area (Å²) in [6.45, 7) is 0.566. The smallest absolute Gasteiger partial charge is 0.371 e. The zero-order chi connectivity index (χ0) is 14.0. The van der Waals surface area contributed by atoms with Crippen molar-refractivity contribution in [2.24, 2.45) is 5.92 Å². The molecular formula is C13H13ClF3NO. The number of carbonyl (C=O) groups is 1. The SMILES string of the molecule is O=Cc1c(Cl)cccc1N1CCC(C(F)(F)F)CC1. The lowest BCUT2D eigenvalue weighted by atomic mass is 9.95. The summed E-state index contributed by atoms with van der Waals surface area (Å²) in [7, 11) is 0. The molecule has 0 saturated carbocycles. The fourth-order valence-corrected chi connectivity index (χ4v) is 2.58. The minimum absolute atomic E-state index is 0.0499. The van der Waals surface area contributed by atoms with Gasteiger partial charge >= 0.3 is 6.18 Å². The number of anilines is 1. The van der Waals surface area contributed by atoms with Crippen LogP contribution in [0.2, 0.25) is 5.02 Å². The van der Waals surface area contributed by atoms with Crippen LogP contribution in [-0.2, 0) is 0 Å². The minimum atomic E-state index is -4.13. The van der Waals surface area contributed by atoms with Crippen LogP contribution in [0.25, 0.3) is 0 Å². The molecule has 1 aliphatic rings. The molecule has 2 rings (SSSR count). The normalized spacial score (nSPS) is 17.6. The van der Waals surface area contributed by atoms with Crippen LogP contribution in [0.15, 0.2) is 18.2 Å². The lowest BCUT2D eigenvalue weighted by Gasteiger charge is -2.35. The van der Waals surface area contributed by atoms with Gasteiger partial charge < -0.3 is 4.90 Å². The number of halogens is 4. The largest absolute Gasteiger partial charge is 0.391 e. The van der Waals surface area contributed by atoms with Gasteiger partial charge in [-0.05, 0) is 25.0 Å². The fraction of sp³-hybridized carbons (Fsp3) is 0.462. The van der Waals surface area contributed by atoms with Gasteiger partial charge in [0.2, 0.25) is 0 Å². The van der Waals surface area contributed by atoms with E-state index in [9.17, 15) is 18.0 Å². The zero-order valence-corrected chi connectivity index (χ0v) is 10.8. The Morgan fingerprint density at radius 3 is 2.42 bits per heavy atom. The molecule has 1 heterocycles. The number of carbonyl (C=O) groups excluding carboxylic acids is 1. The average molecular weight is 292 g/mol. The summed E-state index contributed by atoms with van der Waals surface area (Å²) < 4.78 is 37.8. The van der Waals surface area contributed by atoms with E-state index in [0.29, 0.717) is 22.6 Å². The summed E-state index contributed by atoms with van der Waals surface area (Å²) in [5, 5.41) is 0.324. The molecule has 1 aromatic rings. The third kappa shape index (κ3) is 3.03. The molecule has 0 radical (unpaired) electrons. The molecule has 0 spiro atoms. The Labute approximate surface area is 114 Å². The molecule has 0 atom stereocenters. The van der Waals surface area contributed by atoms with E-state index in [1.54, 1.807) is 23.1 Å². The van der Waals surface area contributed by atoms with Crippen molar-refractivity contribution in [3.63, 3.8) is 0 Å². The summed E-state index contributed by atoms with van der Waals surface area (Å²) in [6, 6.07) is 5.00. The monoisotopic (exact) mass is 291 g/mol. The zero-order valence-electron chi connectivity index (χ0n) is 10.1.